The van der Waals surface area contributed by atoms with E-state index >= 15 is 0 Å². The Kier molecular flexibility index (Phi) is 5.61. The van der Waals surface area contributed by atoms with Crippen LogP contribution in [0, 0.1) is 0 Å². The highest BCUT2D eigenvalue weighted by atomic mass is 35.5. The lowest BCUT2D eigenvalue weighted by Gasteiger charge is -2.21. The van der Waals surface area contributed by atoms with Crippen LogP contribution in [0.3, 0.4) is 0 Å². The first kappa shape index (κ1) is 18.0. The van der Waals surface area contributed by atoms with Gasteiger partial charge in [-0.2, -0.15) is 9.78 Å². The number of hydrogen-bond acceptors (Lipinski definition) is 4. The molecule has 26 heavy (non-hydrogen) atoms. The first-order valence-electron chi connectivity index (χ1n) is 8.06. The number of ether oxygens (including phenoxy) is 1. The van der Waals surface area contributed by atoms with Crippen molar-refractivity contribution < 1.29 is 9.57 Å². The molecule has 0 fully saturated rings. The zero-order valence-corrected chi connectivity index (χ0v) is 15.5. The summed E-state index contributed by atoms with van der Waals surface area (Å²) < 4.78 is 6.94. The third-order valence-electron chi connectivity index (χ3n) is 4.01. The molecule has 0 radical (unpaired) electrons. The highest BCUT2D eigenvalue weighted by Crippen LogP contribution is 2.40. The van der Waals surface area contributed by atoms with Crippen molar-refractivity contribution in [2.24, 2.45) is 0 Å². The van der Waals surface area contributed by atoms with E-state index in [0.717, 1.165) is 22.4 Å². The first-order chi connectivity index (χ1) is 12.7. The van der Waals surface area contributed by atoms with Gasteiger partial charge in [0.05, 0.1) is 19.8 Å². The van der Waals surface area contributed by atoms with E-state index in [1.807, 2.05) is 60.7 Å². The van der Waals surface area contributed by atoms with Gasteiger partial charge in [0.15, 0.2) is 5.82 Å². The fraction of sp³-hybridized carbons (Fsp3) is 0.150. The van der Waals surface area contributed by atoms with Gasteiger partial charge in [-0.05, 0) is 12.1 Å². The number of alkyl halides is 1. The molecule has 0 N–H and O–H groups in total. The summed E-state index contributed by atoms with van der Waals surface area (Å²) in [4.78, 5) is 5.48. The van der Waals surface area contributed by atoms with Gasteiger partial charge in [0, 0.05) is 5.56 Å². The molecule has 6 heteroatoms. The molecule has 0 saturated carbocycles. The van der Waals surface area contributed by atoms with Gasteiger partial charge in [-0.1, -0.05) is 60.7 Å². The van der Waals surface area contributed by atoms with E-state index in [1.54, 1.807) is 24.0 Å². The van der Waals surface area contributed by atoms with Crippen molar-refractivity contribution in [1.82, 2.24) is 9.78 Å². The predicted molar refractivity (Wildman–Crippen MR) is 106 cm³/mol. The molecule has 0 spiro atoms. The molecular formula is C20H20ClN3O2. The molecule has 2 aromatic carbocycles. The topological polar surface area (TPSA) is 39.5 Å². The summed E-state index contributed by atoms with van der Waals surface area (Å²) in [5.74, 6) is 1.02. The predicted octanol–water partition coefficient (Wildman–Crippen LogP) is 4.86. The number of nitrogens with zero attached hydrogens (tertiary/aromatic N) is 3. The number of anilines is 1. The second-order valence-electron chi connectivity index (χ2n) is 5.47. The van der Waals surface area contributed by atoms with E-state index < -0.39 is 0 Å². The average molecular weight is 370 g/mol. The first-order valence-corrected chi connectivity index (χ1v) is 8.59. The van der Waals surface area contributed by atoms with Crippen molar-refractivity contribution in [3.63, 3.8) is 0 Å². The highest BCUT2D eigenvalue weighted by Gasteiger charge is 2.26. The van der Waals surface area contributed by atoms with Gasteiger partial charge in [0.1, 0.15) is 11.7 Å². The van der Waals surface area contributed by atoms with E-state index in [2.05, 4.69) is 6.58 Å². The van der Waals surface area contributed by atoms with Gasteiger partial charge in [-0.15, -0.1) is 11.6 Å². The maximum Gasteiger partial charge on any atom is 0.208 e. The van der Waals surface area contributed by atoms with Gasteiger partial charge < -0.3 is 4.74 Å². The average Bonchev–Trinajstić information content (AvgIpc) is 3.10. The minimum absolute atomic E-state index is 0.118. The van der Waals surface area contributed by atoms with Crippen molar-refractivity contribution in [2.75, 3.05) is 25.3 Å². The van der Waals surface area contributed by atoms with Crippen LogP contribution in [0.2, 0.25) is 0 Å². The molecule has 0 aliphatic rings. The lowest BCUT2D eigenvalue weighted by molar-refractivity contribution is 0.175. The Bertz CT molecular complexity index is 875. The Morgan fingerprint density at radius 3 is 2.12 bits per heavy atom. The van der Waals surface area contributed by atoms with E-state index in [4.69, 9.17) is 26.3 Å². The van der Waals surface area contributed by atoms with E-state index in [0.29, 0.717) is 11.7 Å². The second-order valence-corrected chi connectivity index (χ2v) is 5.71. The van der Waals surface area contributed by atoms with Crippen molar-refractivity contribution in [3.05, 3.63) is 67.2 Å². The number of hydrogen-bond donors (Lipinski definition) is 0. The van der Waals surface area contributed by atoms with Crippen LogP contribution < -0.4 is 5.06 Å². The fourth-order valence-electron chi connectivity index (χ4n) is 2.76. The monoisotopic (exact) mass is 369 g/mol. The molecule has 0 atom stereocenters. The van der Waals surface area contributed by atoms with Crippen LogP contribution in [0.5, 0.6) is 0 Å². The van der Waals surface area contributed by atoms with Crippen molar-refractivity contribution in [1.29, 1.82) is 0 Å². The second kappa shape index (κ2) is 8.08. The van der Waals surface area contributed by atoms with Gasteiger partial charge in [-0.3, -0.25) is 4.84 Å². The number of benzene rings is 2. The normalized spacial score (nSPS) is 10.6. The summed E-state index contributed by atoms with van der Waals surface area (Å²) in [6, 6.07) is 20.0. The fourth-order valence-corrected chi connectivity index (χ4v) is 2.97. The molecule has 134 valence electrons. The Hall–Kier alpha value is -2.76. The largest absolute Gasteiger partial charge is 0.481 e. The molecule has 3 aromatic rings. The molecule has 0 aliphatic heterocycles. The smallest absolute Gasteiger partial charge is 0.208 e. The third kappa shape index (κ3) is 3.31. The summed E-state index contributed by atoms with van der Waals surface area (Å²) in [6.07, 6.45) is 0. The zero-order valence-electron chi connectivity index (χ0n) is 14.7. The minimum Gasteiger partial charge on any atom is -0.481 e. The molecule has 0 aliphatic carbocycles. The zero-order chi connectivity index (χ0) is 18.5. The van der Waals surface area contributed by atoms with Crippen molar-refractivity contribution in [2.45, 2.75) is 0 Å². The molecule has 3 rings (SSSR count). The van der Waals surface area contributed by atoms with Crippen LogP contribution in [-0.2, 0) is 9.57 Å². The van der Waals surface area contributed by atoms with Crippen molar-refractivity contribution in [3.8, 4) is 22.4 Å². The van der Waals surface area contributed by atoms with Crippen LogP contribution in [0.4, 0.5) is 5.82 Å². The van der Waals surface area contributed by atoms with Gasteiger partial charge in [0.2, 0.25) is 5.88 Å². The number of methoxy groups -OCH3 is 1. The Balaban J connectivity index is 2.36. The number of hydroxylamine groups is 1. The number of aromatic nitrogens is 2. The van der Waals surface area contributed by atoms with Crippen LogP contribution in [0.1, 0.15) is 0 Å². The molecule has 0 unspecified atom stereocenters. The molecule has 1 heterocycles. The summed E-state index contributed by atoms with van der Waals surface area (Å²) >= 11 is 6.13. The lowest BCUT2D eigenvalue weighted by Crippen LogP contribution is -2.23. The van der Waals surface area contributed by atoms with Gasteiger partial charge in [0.25, 0.3) is 0 Å². The summed E-state index contributed by atoms with van der Waals surface area (Å²) in [5.41, 5.74) is 3.64. The van der Waals surface area contributed by atoms with Crippen LogP contribution in [0.15, 0.2) is 67.2 Å². The van der Waals surface area contributed by atoms with E-state index in [-0.39, 0.29) is 6.00 Å². The number of rotatable bonds is 7. The minimum atomic E-state index is 0.118. The van der Waals surface area contributed by atoms with E-state index in [1.165, 1.54) is 0 Å². The molecule has 0 amide bonds. The molecule has 5 nitrogen and oxygen atoms in total. The Morgan fingerprint density at radius 1 is 1.04 bits per heavy atom. The summed E-state index contributed by atoms with van der Waals surface area (Å²) in [5, 5.41) is 6.31. The quantitative estimate of drug-likeness (QED) is 0.258. The molecule has 0 bridgehead atoms. The van der Waals surface area contributed by atoms with Crippen molar-refractivity contribution >= 4 is 23.3 Å². The standard InChI is InChI=1S/C20H20ClN3O2/c1-15(25-2)24-20(23(14-21)26-3)18(16-10-6-4-7-11-16)19(22-24)17-12-8-5-9-13-17/h4-13H,1,14H2,2-3H3. The Labute approximate surface area is 158 Å². The van der Waals surface area contributed by atoms with Gasteiger partial charge in [-0.25, -0.2) is 5.06 Å². The van der Waals surface area contributed by atoms with E-state index in [9.17, 15) is 0 Å². The highest BCUT2D eigenvalue weighted by molar-refractivity contribution is 6.19. The Morgan fingerprint density at radius 2 is 1.62 bits per heavy atom. The van der Waals surface area contributed by atoms with Crippen LogP contribution in [0.25, 0.3) is 28.3 Å². The molecular weight excluding hydrogens is 350 g/mol. The maximum absolute atomic E-state index is 6.13. The molecule has 0 saturated heterocycles. The maximum atomic E-state index is 6.13. The molecule has 1 aromatic heterocycles. The summed E-state index contributed by atoms with van der Waals surface area (Å²) in [6.45, 7) is 3.95. The lowest BCUT2D eigenvalue weighted by atomic mass is 10.0. The summed E-state index contributed by atoms with van der Waals surface area (Å²) in [7, 11) is 3.11. The van der Waals surface area contributed by atoms with Gasteiger partial charge >= 0.3 is 0 Å². The van der Waals surface area contributed by atoms with Crippen LogP contribution in [-0.4, -0.2) is 30.0 Å². The number of halogens is 1. The third-order valence-corrected chi connectivity index (χ3v) is 4.22. The SMILES string of the molecule is C=C(OC)n1nc(-c2ccccc2)c(-c2ccccc2)c1N(CCl)OC. The van der Waals surface area contributed by atoms with Crippen LogP contribution >= 0.6 is 11.6 Å².